The molecule has 134 valence electrons. The molecule has 25 heavy (non-hydrogen) atoms. The first-order chi connectivity index (χ1) is 12.1. The summed E-state index contributed by atoms with van der Waals surface area (Å²) in [6, 6.07) is 7.33. The maximum Gasteiger partial charge on any atom is 0.203 e. The minimum Gasteiger partial charge on any atom is -0.504 e. The second-order valence-corrected chi connectivity index (χ2v) is 5.71. The minimum atomic E-state index is -0.237. The maximum absolute atomic E-state index is 10.2. The number of phenolic OH excluding ortho intramolecular Hbond substituents is 1. The third-order valence-corrected chi connectivity index (χ3v) is 4.37. The molecule has 6 nitrogen and oxygen atoms in total. The van der Waals surface area contributed by atoms with Crippen LogP contribution in [0.4, 0.5) is 0 Å². The Balaban J connectivity index is 1.99. The van der Waals surface area contributed by atoms with Crippen LogP contribution in [0.15, 0.2) is 24.3 Å². The molecule has 0 amide bonds. The topological polar surface area (TPSA) is 66.4 Å². The molecule has 0 saturated heterocycles. The molecule has 1 aliphatic rings. The van der Waals surface area contributed by atoms with Crippen LogP contribution in [0, 0.1) is 0 Å². The number of rotatable bonds is 5. The van der Waals surface area contributed by atoms with E-state index in [1.807, 2.05) is 18.2 Å². The maximum atomic E-state index is 10.2. The summed E-state index contributed by atoms with van der Waals surface area (Å²) < 4.78 is 27.5. The normalized spacial score (nSPS) is 15.8. The van der Waals surface area contributed by atoms with Gasteiger partial charge in [0.1, 0.15) is 6.10 Å². The SMILES string of the molecule is COc1cc([C@@H]2CCc3ccc(OC)c(OC)c3O2)cc(O)c1OC. The van der Waals surface area contributed by atoms with Gasteiger partial charge in [-0.3, -0.25) is 0 Å². The highest BCUT2D eigenvalue weighted by Crippen LogP contribution is 2.47. The lowest BCUT2D eigenvalue weighted by Gasteiger charge is -2.28. The molecule has 3 rings (SSSR count). The fraction of sp³-hybridized carbons (Fsp3) is 0.368. The molecule has 6 heteroatoms. The van der Waals surface area contributed by atoms with Gasteiger partial charge in [0.15, 0.2) is 23.0 Å². The summed E-state index contributed by atoms with van der Waals surface area (Å²) in [5, 5.41) is 10.2. The van der Waals surface area contributed by atoms with Crippen LogP contribution >= 0.6 is 0 Å². The number of aryl methyl sites for hydroxylation is 1. The average molecular weight is 346 g/mol. The summed E-state index contributed by atoms with van der Waals surface area (Å²) in [5.74, 6) is 2.66. The Bertz CT molecular complexity index is 771. The summed E-state index contributed by atoms with van der Waals surface area (Å²) in [5.41, 5.74) is 1.88. The van der Waals surface area contributed by atoms with Gasteiger partial charge in [-0.05, 0) is 42.2 Å². The van der Waals surface area contributed by atoms with E-state index in [0.717, 1.165) is 24.0 Å². The van der Waals surface area contributed by atoms with Crippen molar-refractivity contribution in [2.24, 2.45) is 0 Å². The molecule has 2 aromatic rings. The molecule has 1 aliphatic heterocycles. The summed E-state index contributed by atoms with van der Waals surface area (Å²) in [6.07, 6.45) is 1.37. The molecule has 0 aliphatic carbocycles. The zero-order valence-electron chi connectivity index (χ0n) is 14.8. The highest BCUT2D eigenvalue weighted by molar-refractivity contribution is 5.58. The third kappa shape index (κ3) is 2.99. The van der Waals surface area contributed by atoms with E-state index in [4.69, 9.17) is 23.7 Å². The number of fused-ring (bicyclic) bond motifs is 1. The first-order valence-corrected chi connectivity index (χ1v) is 7.98. The van der Waals surface area contributed by atoms with Crippen LogP contribution in [0.25, 0.3) is 0 Å². The lowest BCUT2D eigenvalue weighted by molar-refractivity contribution is 0.166. The second kappa shape index (κ2) is 7.01. The van der Waals surface area contributed by atoms with Gasteiger partial charge in [0.05, 0.1) is 28.4 Å². The van der Waals surface area contributed by atoms with Gasteiger partial charge in [0.25, 0.3) is 0 Å². The third-order valence-electron chi connectivity index (χ3n) is 4.37. The van der Waals surface area contributed by atoms with E-state index in [1.54, 1.807) is 20.3 Å². The zero-order chi connectivity index (χ0) is 18.0. The Morgan fingerprint density at radius 2 is 1.64 bits per heavy atom. The van der Waals surface area contributed by atoms with Gasteiger partial charge in [-0.25, -0.2) is 0 Å². The molecule has 0 radical (unpaired) electrons. The lowest BCUT2D eigenvalue weighted by Crippen LogP contribution is -2.16. The van der Waals surface area contributed by atoms with E-state index < -0.39 is 0 Å². The van der Waals surface area contributed by atoms with Gasteiger partial charge in [-0.1, -0.05) is 6.07 Å². The van der Waals surface area contributed by atoms with Crippen LogP contribution in [0.3, 0.4) is 0 Å². The first-order valence-electron chi connectivity index (χ1n) is 7.98. The fourth-order valence-electron chi connectivity index (χ4n) is 3.14. The van der Waals surface area contributed by atoms with Crippen molar-refractivity contribution in [2.45, 2.75) is 18.9 Å². The van der Waals surface area contributed by atoms with E-state index in [0.29, 0.717) is 28.7 Å². The van der Waals surface area contributed by atoms with Gasteiger partial charge >= 0.3 is 0 Å². The number of methoxy groups -OCH3 is 4. The largest absolute Gasteiger partial charge is 0.504 e. The van der Waals surface area contributed by atoms with Crippen LogP contribution in [0.2, 0.25) is 0 Å². The van der Waals surface area contributed by atoms with Crippen molar-refractivity contribution < 1.29 is 28.8 Å². The van der Waals surface area contributed by atoms with Gasteiger partial charge < -0.3 is 28.8 Å². The number of benzene rings is 2. The Labute approximate surface area is 146 Å². The van der Waals surface area contributed by atoms with Gasteiger partial charge in [-0.2, -0.15) is 0 Å². The van der Waals surface area contributed by atoms with Crippen molar-refractivity contribution in [3.8, 4) is 34.5 Å². The van der Waals surface area contributed by atoms with Crippen LogP contribution in [0.1, 0.15) is 23.7 Å². The average Bonchev–Trinajstić information content (AvgIpc) is 2.65. The summed E-state index contributed by atoms with van der Waals surface area (Å²) in [4.78, 5) is 0. The Morgan fingerprint density at radius 3 is 2.28 bits per heavy atom. The van der Waals surface area contributed by atoms with Crippen molar-refractivity contribution >= 4 is 0 Å². The Morgan fingerprint density at radius 1 is 0.920 bits per heavy atom. The number of hydrogen-bond acceptors (Lipinski definition) is 6. The van der Waals surface area contributed by atoms with Crippen LogP contribution in [-0.2, 0) is 6.42 Å². The summed E-state index contributed by atoms with van der Waals surface area (Å²) >= 11 is 0. The molecule has 1 heterocycles. The van der Waals surface area contributed by atoms with Crippen molar-refractivity contribution in [1.82, 2.24) is 0 Å². The number of phenols is 1. The minimum absolute atomic E-state index is 0.0175. The van der Waals surface area contributed by atoms with Crippen LogP contribution < -0.4 is 23.7 Å². The van der Waals surface area contributed by atoms with Crippen LogP contribution in [0.5, 0.6) is 34.5 Å². The molecule has 2 aromatic carbocycles. The van der Waals surface area contributed by atoms with E-state index in [1.165, 1.54) is 14.2 Å². The van der Waals surface area contributed by atoms with Crippen molar-refractivity contribution in [2.75, 3.05) is 28.4 Å². The van der Waals surface area contributed by atoms with Gasteiger partial charge in [0.2, 0.25) is 11.5 Å². The molecular formula is C19H22O6. The monoisotopic (exact) mass is 346 g/mol. The molecule has 0 spiro atoms. The molecule has 0 saturated carbocycles. The molecule has 1 atom stereocenters. The number of aromatic hydroxyl groups is 1. The first kappa shape index (κ1) is 17.1. The summed E-state index contributed by atoms with van der Waals surface area (Å²) in [7, 11) is 6.21. The van der Waals surface area contributed by atoms with E-state index in [9.17, 15) is 5.11 Å². The Kier molecular flexibility index (Phi) is 4.79. The lowest BCUT2D eigenvalue weighted by atomic mass is 9.96. The number of hydrogen-bond donors (Lipinski definition) is 1. The van der Waals surface area contributed by atoms with Crippen molar-refractivity contribution in [3.63, 3.8) is 0 Å². The Hall–Kier alpha value is -2.76. The molecule has 0 fully saturated rings. The highest BCUT2D eigenvalue weighted by atomic mass is 16.5. The van der Waals surface area contributed by atoms with Crippen LogP contribution in [-0.4, -0.2) is 33.5 Å². The fourth-order valence-corrected chi connectivity index (χ4v) is 3.14. The van der Waals surface area contributed by atoms with Crippen molar-refractivity contribution in [3.05, 3.63) is 35.4 Å². The van der Waals surface area contributed by atoms with Gasteiger partial charge in [-0.15, -0.1) is 0 Å². The predicted octanol–water partition coefficient (Wildman–Crippen LogP) is 3.49. The molecule has 0 aromatic heterocycles. The molecular weight excluding hydrogens is 324 g/mol. The zero-order valence-corrected chi connectivity index (χ0v) is 14.8. The standard InChI is InChI=1S/C19H22O6/c1-21-15-8-6-11-5-7-14(25-17(11)19(15)24-4)12-9-13(20)18(23-3)16(10-12)22-2/h6,8-10,14,20H,5,7H2,1-4H3/t14-/m0/s1. The highest BCUT2D eigenvalue weighted by Gasteiger charge is 2.28. The molecule has 0 bridgehead atoms. The number of ether oxygens (including phenoxy) is 5. The molecule has 1 N–H and O–H groups in total. The van der Waals surface area contributed by atoms with Gasteiger partial charge in [0, 0.05) is 0 Å². The van der Waals surface area contributed by atoms with Crippen molar-refractivity contribution in [1.29, 1.82) is 0 Å². The smallest absolute Gasteiger partial charge is 0.203 e. The second-order valence-electron chi connectivity index (χ2n) is 5.71. The predicted molar refractivity (Wildman–Crippen MR) is 92.4 cm³/mol. The van der Waals surface area contributed by atoms with E-state index >= 15 is 0 Å². The van der Waals surface area contributed by atoms with E-state index in [-0.39, 0.29) is 11.9 Å². The quantitative estimate of drug-likeness (QED) is 0.894. The molecule has 0 unspecified atom stereocenters. The summed E-state index contributed by atoms with van der Waals surface area (Å²) in [6.45, 7) is 0. The van der Waals surface area contributed by atoms with E-state index in [2.05, 4.69) is 0 Å².